The minimum atomic E-state index is -1.72. The zero-order valence-electron chi connectivity index (χ0n) is 10.9. The van der Waals surface area contributed by atoms with Crippen LogP contribution in [0.1, 0.15) is 18.9 Å². The van der Waals surface area contributed by atoms with Gasteiger partial charge in [0.2, 0.25) is 8.32 Å². The summed E-state index contributed by atoms with van der Waals surface area (Å²) in [6.45, 7) is 10.5. The first-order valence-electron chi connectivity index (χ1n) is 6.06. The summed E-state index contributed by atoms with van der Waals surface area (Å²) in [6, 6.07) is 10.5. The molecule has 1 aromatic rings. The number of benzene rings is 1. The normalized spacial score (nSPS) is 29.5. The van der Waals surface area contributed by atoms with Crippen LogP contribution in [0.3, 0.4) is 0 Å². The molecule has 1 aliphatic rings. The van der Waals surface area contributed by atoms with Gasteiger partial charge in [0.15, 0.2) is 0 Å². The summed E-state index contributed by atoms with van der Waals surface area (Å²) in [6.07, 6.45) is 5.01. The zero-order chi connectivity index (χ0) is 12.5. The molecule has 90 valence electrons. The van der Waals surface area contributed by atoms with Gasteiger partial charge in [-0.15, -0.1) is 0 Å². The minimum absolute atomic E-state index is 0.161. The summed E-state index contributed by atoms with van der Waals surface area (Å²) in [4.78, 5) is 0. The van der Waals surface area contributed by atoms with E-state index in [1.165, 1.54) is 10.8 Å². The van der Waals surface area contributed by atoms with E-state index in [0.29, 0.717) is 0 Å². The second-order valence-corrected chi connectivity index (χ2v) is 9.18. The second kappa shape index (κ2) is 4.28. The molecule has 0 radical (unpaired) electrons. The van der Waals surface area contributed by atoms with E-state index in [1.54, 1.807) is 0 Å². The molecule has 2 heteroatoms. The molecule has 1 saturated heterocycles. The average molecular weight is 244 g/mol. The highest BCUT2D eigenvalue weighted by Gasteiger charge is 2.46. The lowest BCUT2D eigenvalue weighted by atomic mass is 9.92. The molecule has 17 heavy (non-hydrogen) atoms. The second-order valence-electron chi connectivity index (χ2n) is 5.31. The zero-order valence-corrected chi connectivity index (χ0v) is 11.9. The molecule has 0 aromatic heterocycles. The van der Waals surface area contributed by atoms with Crippen LogP contribution in [0.5, 0.6) is 0 Å². The summed E-state index contributed by atoms with van der Waals surface area (Å²) < 4.78 is 6.41. The Labute approximate surface area is 105 Å². The van der Waals surface area contributed by atoms with Gasteiger partial charge in [-0.05, 0) is 32.0 Å². The molecule has 0 saturated carbocycles. The van der Waals surface area contributed by atoms with E-state index >= 15 is 0 Å². The van der Waals surface area contributed by atoms with Crippen molar-refractivity contribution >= 4 is 8.32 Å². The molecule has 1 fully saturated rings. The van der Waals surface area contributed by atoms with Crippen molar-refractivity contribution < 1.29 is 4.43 Å². The van der Waals surface area contributed by atoms with E-state index in [2.05, 4.69) is 56.9 Å². The summed E-state index contributed by atoms with van der Waals surface area (Å²) in [7, 11) is -1.72. The van der Waals surface area contributed by atoms with Gasteiger partial charge in [-0.1, -0.05) is 54.3 Å². The summed E-state index contributed by atoms with van der Waals surface area (Å²) in [5, 5.41) is 1.44. The molecule has 1 unspecified atom stereocenters. The summed E-state index contributed by atoms with van der Waals surface area (Å²) in [5.41, 5.74) is 1.11. The Hall–Kier alpha value is -1.12. The first-order chi connectivity index (χ1) is 7.98. The van der Waals surface area contributed by atoms with Crippen LogP contribution in [-0.2, 0) is 10.0 Å². The van der Waals surface area contributed by atoms with Crippen LogP contribution in [0, 0.1) is 0 Å². The highest BCUT2D eigenvalue weighted by Crippen LogP contribution is 2.45. The molecule has 2 rings (SSSR count). The Kier molecular flexibility index (Phi) is 3.10. The Morgan fingerprint density at radius 3 is 2.53 bits per heavy atom. The van der Waals surface area contributed by atoms with E-state index in [1.807, 2.05) is 12.1 Å². The predicted octanol–water partition coefficient (Wildman–Crippen LogP) is 4.18. The van der Waals surface area contributed by atoms with Crippen molar-refractivity contribution in [2.24, 2.45) is 0 Å². The van der Waals surface area contributed by atoms with Crippen LogP contribution in [0.15, 0.2) is 54.3 Å². The van der Waals surface area contributed by atoms with Crippen molar-refractivity contribution in [1.29, 1.82) is 0 Å². The smallest absolute Gasteiger partial charge is 0.215 e. The van der Waals surface area contributed by atoms with Crippen LogP contribution in [0.25, 0.3) is 0 Å². The SMILES string of the molecule is C=C/C=C1/CC(C)(c2ccccc2)O[Si]1(C)C. The number of rotatable bonds is 2. The van der Waals surface area contributed by atoms with Gasteiger partial charge >= 0.3 is 0 Å². The van der Waals surface area contributed by atoms with Crippen LogP contribution in [0.2, 0.25) is 13.1 Å². The lowest BCUT2D eigenvalue weighted by molar-refractivity contribution is 0.106. The van der Waals surface area contributed by atoms with Gasteiger partial charge in [0.25, 0.3) is 0 Å². The maximum atomic E-state index is 6.41. The first-order valence-corrected chi connectivity index (χ1v) is 8.96. The maximum Gasteiger partial charge on any atom is 0.215 e. The van der Waals surface area contributed by atoms with Gasteiger partial charge in [-0.2, -0.15) is 0 Å². The topological polar surface area (TPSA) is 9.23 Å². The Bertz CT molecular complexity index is 447. The van der Waals surface area contributed by atoms with Crippen molar-refractivity contribution in [2.75, 3.05) is 0 Å². The quantitative estimate of drug-likeness (QED) is 0.709. The molecular weight excluding hydrogens is 224 g/mol. The molecule has 1 heterocycles. The van der Waals surface area contributed by atoms with Crippen molar-refractivity contribution in [3.8, 4) is 0 Å². The first kappa shape index (κ1) is 12.3. The Balaban J connectivity index is 2.38. The van der Waals surface area contributed by atoms with Crippen molar-refractivity contribution in [2.45, 2.75) is 32.0 Å². The maximum absolute atomic E-state index is 6.41. The third-order valence-corrected chi connectivity index (χ3v) is 6.34. The lowest BCUT2D eigenvalue weighted by Gasteiger charge is -2.27. The largest absolute Gasteiger partial charge is 0.404 e. The van der Waals surface area contributed by atoms with E-state index in [0.717, 1.165) is 6.42 Å². The molecule has 0 N–H and O–H groups in total. The van der Waals surface area contributed by atoms with Gasteiger partial charge in [-0.3, -0.25) is 0 Å². The average Bonchev–Trinajstić information content (AvgIpc) is 2.52. The van der Waals surface area contributed by atoms with E-state index in [-0.39, 0.29) is 5.60 Å². The number of hydrogen-bond acceptors (Lipinski definition) is 1. The van der Waals surface area contributed by atoms with Crippen molar-refractivity contribution in [3.63, 3.8) is 0 Å². The number of allylic oxidation sites excluding steroid dienone is 2. The fourth-order valence-corrected chi connectivity index (χ4v) is 5.32. The van der Waals surface area contributed by atoms with Crippen molar-refractivity contribution in [3.05, 3.63) is 59.8 Å². The van der Waals surface area contributed by atoms with Gasteiger partial charge in [0, 0.05) is 0 Å². The molecule has 1 aliphatic heterocycles. The molecule has 0 spiro atoms. The van der Waals surface area contributed by atoms with Crippen LogP contribution >= 0.6 is 0 Å². The molecular formula is C15H20OSi. The predicted molar refractivity (Wildman–Crippen MR) is 75.3 cm³/mol. The molecule has 0 amide bonds. The fraction of sp³-hybridized carbons (Fsp3) is 0.333. The molecule has 1 atom stereocenters. The highest BCUT2D eigenvalue weighted by atomic mass is 28.4. The lowest BCUT2D eigenvalue weighted by Crippen LogP contribution is -2.32. The van der Waals surface area contributed by atoms with Crippen LogP contribution < -0.4 is 0 Å². The Morgan fingerprint density at radius 2 is 1.94 bits per heavy atom. The third-order valence-electron chi connectivity index (χ3n) is 3.48. The molecule has 0 bridgehead atoms. The number of hydrogen-bond donors (Lipinski definition) is 0. The standard InChI is InChI=1S/C15H20OSi/c1-5-9-14-12-15(2,16-17(14,3)4)13-10-7-6-8-11-13/h5-11H,1,12H2,2-4H3/b14-9-. The van der Waals surface area contributed by atoms with Gasteiger partial charge in [0.1, 0.15) is 0 Å². The van der Waals surface area contributed by atoms with E-state index < -0.39 is 8.32 Å². The van der Waals surface area contributed by atoms with Gasteiger partial charge < -0.3 is 4.43 Å². The molecule has 0 aliphatic carbocycles. The van der Waals surface area contributed by atoms with E-state index in [4.69, 9.17) is 4.43 Å². The Morgan fingerprint density at radius 1 is 1.29 bits per heavy atom. The van der Waals surface area contributed by atoms with E-state index in [9.17, 15) is 0 Å². The molecule has 1 nitrogen and oxygen atoms in total. The van der Waals surface area contributed by atoms with Crippen molar-refractivity contribution in [1.82, 2.24) is 0 Å². The van der Waals surface area contributed by atoms with Gasteiger partial charge in [0.05, 0.1) is 5.60 Å². The minimum Gasteiger partial charge on any atom is -0.404 e. The monoisotopic (exact) mass is 244 g/mol. The summed E-state index contributed by atoms with van der Waals surface area (Å²) in [5.74, 6) is 0. The summed E-state index contributed by atoms with van der Waals surface area (Å²) >= 11 is 0. The van der Waals surface area contributed by atoms with Gasteiger partial charge in [-0.25, -0.2) is 0 Å². The fourth-order valence-electron chi connectivity index (χ4n) is 2.59. The van der Waals surface area contributed by atoms with Crippen LogP contribution in [0.4, 0.5) is 0 Å². The van der Waals surface area contributed by atoms with Crippen LogP contribution in [-0.4, -0.2) is 8.32 Å². The molecule has 1 aromatic carbocycles. The highest BCUT2D eigenvalue weighted by molar-refractivity contribution is 6.79. The third kappa shape index (κ3) is 2.28.